The molecule has 0 aromatic heterocycles. The predicted molar refractivity (Wildman–Crippen MR) is 83.7 cm³/mol. The third kappa shape index (κ3) is 6.74. The molecule has 0 heterocycles. The molecule has 1 aromatic rings. The number of esters is 1. The first-order valence-electron chi connectivity index (χ1n) is 7.84. The average molecular weight is 294 g/mol. The molecule has 1 fully saturated rings. The number of halogens is 1. The summed E-state index contributed by atoms with van der Waals surface area (Å²) in [6, 6.07) is 4.79. The highest BCUT2D eigenvalue weighted by Gasteiger charge is 2.21. The first kappa shape index (κ1) is 17.7. The Morgan fingerprint density at radius 3 is 2.43 bits per heavy atom. The highest BCUT2D eigenvalue weighted by molar-refractivity contribution is 5.69. The molecule has 1 aromatic carbocycles. The SMILES string of the molecule is CCC(=O)OC(C)CC1CCC1.Cc1ccc(F)cc1C. The Balaban J connectivity index is 0.000000219. The number of aryl methyl sites for hydroxylation is 2. The van der Waals surface area contributed by atoms with Crippen LogP contribution in [0.2, 0.25) is 0 Å². The minimum absolute atomic E-state index is 0.0678. The van der Waals surface area contributed by atoms with Crippen molar-refractivity contribution in [2.75, 3.05) is 0 Å². The highest BCUT2D eigenvalue weighted by Crippen LogP contribution is 2.31. The minimum atomic E-state index is -0.155. The van der Waals surface area contributed by atoms with Gasteiger partial charge in [-0.25, -0.2) is 4.39 Å². The molecule has 0 saturated heterocycles. The zero-order valence-electron chi connectivity index (χ0n) is 13.6. The lowest BCUT2D eigenvalue weighted by atomic mass is 9.82. The Kier molecular flexibility index (Phi) is 7.41. The third-order valence-electron chi connectivity index (χ3n) is 3.98. The maximum absolute atomic E-state index is 12.3. The van der Waals surface area contributed by atoms with Gasteiger partial charge in [-0.2, -0.15) is 0 Å². The molecule has 2 nitrogen and oxygen atoms in total. The van der Waals surface area contributed by atoms with Crippen LogP contribution in [-0.4, -0.2) is 12.1 Å². The molecule has 3 heteroatoms. The molecule has 1 unspecified atom stereocenters. The second kappa shape index (κ2) is 8.81. The van der Waals surface area contributed by atoms with Gasteiger partial charge in [-0.1, -0.05) is 32.3 Å². The van der Waals surface area contributed by atoms with Crippen LogP contribution in [0.25, 0.3) is 0 Å². The summed E-state index contributed by atoms with van der Waals surface area (Å²) in [4.78, 5) is 10.9. The predicted octanol–water partition coefficient (Wildman–Crippen LogP) is 4.96. The van der Waals surface area contributed by atoms with E-state index in [0.717, 1.165) is 23.5 Å². The van der Waals surface area contributed by atoms with Crippen LogP contribution in [0.3, 0.4) is 0 Å². The zero-order valence-corrected chi connectivity index (χ0v) is 13.6. The number of benzene rings is 1. The summed E-state index contributed by atoms with van der Waals surface area (Å²) < 4.78 is 17.5. The molecule has 0 amide bonds. The summed E-state index contributed by atoms with van der Waals surface area (Å²) >= 11 is 0. The molecule has 0 N–H and O–H groups in total. The maximum atomic E-state index is 12.3. The lowest BCUT2D eigenvalue weighted by Gasteiger charge is -2.27. The van der Waals surface area contributed by atoms with Gasteiger partial charge in [-0.15, -0.1) is 0 Å². The van der Waals surface area contributed by atoms with Gasteiger partial charge in [-0.05, 0) is 56.4 Å². The highest BCUT2D eigenvalue weighted by atomic mass is 19.1. The second-order valence-corrected chi connectivity index (χ2v) is 5.92. The first-order chi connectivity index (χ1) is 9.92. The van der Waals surface area contributed by atoms with Crippen LogP contribution in [0.4, 0.5) is 4.39 Å². The third-order valence-corrected chi connectivity index (χ3v) is 3.98. The van der Waals surface area contributed by atoms with Crippen LogP contribution < -0.4 is 0 Å². The fourth-order valence-electron chi connectivity index (χ4n) is 2.26. The quantitative estimate of drug-likeness (QED) is 0.734. The topological polar surface area (TPSA) is 26.3 Å². The summed E-state index contributed by atoms with van der Waals surface area (Å²) in [7, 11) is 0. The van der Waals surface area contributed by atoms with Crippen molar-refractivity contribution in [2.45, 2.75) is 65.9 Å². The van der Waals surface area contributed by atoms with Crippen molar-refractivity contribution in [3.05, 3.63) is 35.1 Å². The van der Waals surface area contributed by atoms with Gasteiger partial charge in [0.15, 0.2) is 0 Å². The standard InChI is InChI=1S/C10H18O2.C8H9F/c1-3-10(11)12-8(2)7-9-5-4-6-9;1-6-3-4-8(9)5-7(6)2/h8-9H,3-7H2,1-2H3;3-5H,1-2H3. The number of carbonyl (C=O) groups is 1. The molecule has 0 aliphatic heterocycles. The zero-order chi connectivity index (χ0) is 15.8. The molecule has 1 saturated carbocycles. The number of ether oxygens (including phenoxy) is 1. The van der Waals surface area contributed by atoms with Crippen molar-refractivity contribution in [2.24, 2.45) is 5.92 Å². The Morgan fingerprint density at radius 2 is 2.00 bits per heavy atom. The van der Waals surface area contributed by atoms with Crippen LogP contribution in [0, 0.1) is 25.6 Å². The molecule has 118 valence electrons. The van der Waals surface area contributed by atoms with Crippen molar-refractivity contribution < 1.29 is 13.9 Å². The normalized spacial score (nSPS) is 15.5. The van der Waals surface area contributed by atoms with E-state index in [1.54, 1.807) is 6.07 Å². The van der Waals surface area contributed by atoms with Crippen LogP contribution in [0.5, 0.6) is 0 Å². The molecule has 0 bridgehead atoms. The smallest absolute Gasteiger partial charge is 0.305 e. The summed E-state index contributed by atoms with van der Waals surface area (Å²) in [5, 5.41) is 0. The van der Waals surface area contributed by atoms with E-state index < -0.39 is 0 Å². The van der Waals surface area contributed by atoms with Gasteiger partial charge in [0.05, 0.1) is 6.10 Å². The second-order valence-electron chi connectivity index (χ2n) is 5.92. The van der Waals surface area contributed by atoms with E-state index in [2.05, 4.69) is 0 Å². The molecular weight excluding hydrogens is 267 g/mol. The lowest BCUT2D eigenvalue weighted by molar-refractivity contribution is -0.148. The Morgan fingerprint density at radius 1 is 1.33 bits per heavy atom. The maximum Gasteiger partial charge on any atom is 0.305 e. The van der Waals surface area contributed by atoms with Gasteiger partial charge in [0.25, 0.3) is 0 Å². The van der Waals surface area contributed by atoms with Gasteiger partial charge in [0.2, 0.25) is 0 Å². The van der Waals surface area contributed by atoms with E-state index in [1.165, 1.54) is 31.4 Å². The van der Waals surface area contributed by atoms with E-state index in [1.807, 2.05) is 27.7 Å². The van der Waals surface area contributed by atoms with Crippen molar-refractivity contribution in [3.63, 3.8) is 0 Å². The van der Waals surface area contributed by atoms with Gasteiger partial charge in [0.1, 0.15) is 5.82 Å². The first-order valence-corrected chi connectivity index (χ1v) is 7.84. The number of hydrogen-bond donors (Lipinski definition) is 0. The van der Waals surface area contributed by atoms with Crippen molar-refractivity contribution in [1.29, 1.82) is 0 Å². The van der Waals surface area contributed by atoms with Crippen molar-refractivity contribution in [1.82, 2.24) is 0 Å². The van der Waals surface area contributed by atoms with Crippen molar-refractivity contribution >= 4 is 5.97 Å². The molecule has 1 atom stereocenters. The van der Waals surface area contributed by atoms with Crippen LogP contribution >= 0.6 is 0 Å². The summed E-state index contributed by atoms with van der Waals surface area (Å²) in [6.07, 6.45) is 5.70. The van der Waals surface area contributed by atoms with Crippen LogP contribution in [0.1, 0.15) is 57.1 Å². The van der Waals surface area contributed by atoms with Crippen molar-refractivity contribution in [3.8, 4) is 0 Å². The number of carbonyl (C=O) groups excluding carboxylic acids is 1. The Hall–Kier alpha value is -1.38. The molecule has 1 aliphatic rings. The lowest BCUT2D eigenvalue weighted by Crippen LogP contribution is -2.21. The van der Waals surface area contributed by atoms with Gasteiger partial charge >= 0.3 is 5.97 Å². The van der Waals surface area contributed by atoms with E-state index in [9.17, 15) is 9.18 Å². The Bertz CT molecular complexity index is 453. The minimum Gasteiger partial charge on any atom is -0.463 e. The molecule has 2 rings (SSSR count). The summed E-state index contributed by atoms with van der Waals surface area (Å²) in [5.74, 6) is 0.601. The van der Waals surface area contributed by atoms with Crippen LogP contribution in [-0.2, 0) is 9.53 Å². The molecule has 21 heavy (non-hydrogen) atoms. The molecule has 0 spiro atoms. The number of hydrogen-bond acceptors (Lipinski definition) is 2. The summed E-state index contributed by atoms with van der Waals surface area (Å²) in [6.45, 7) is 7.69. The summed E-state index contributed by atoms with van der Waals surface area (Å²) in [5.41, 5.74) is 2.14. The average Bonchev–Trinajstić information content (AvgIpc) is 2.39. The van der Waals surface area contributed by atoms with E-state index in [-0.39, 0.29) is 17.9 Å². The van der Waals surface area contributed by atoms with Gasteiger partial charge in [-0.3, -0.25) is 4.79 Å². The van der Waals surface area contributed by atoms with E-state index >= 15 is 0 Å². The van der Waals surface area contributed by atoms with Crippen LogP contribution in [0.15, 0.2) is 18.2 Å². The molecule has 1 aliphatic carbocycles. The monoisotopic (exact) mass is 294 g/mol. The molecule has 0 radical (unpaired) electrons. The fourth-order valence-corrected chi connectivity index (χ4v) is 2.26. The Labute approximate surface area is 127 Å². The largest absolute Gasteiger partial charge is 0.463 e. The molecular formula is C18H27FO2. The van der Waals surface area contributed by atoms with E-state index in [0.29, 0.717) is 6.42 Å². The van der Waals surface area contributed by atoms with Gasteiger partial charge < -0.3 is 4.74 Å². The fraction of sp³-hybridized carbons (Fsp3) is 0.611. The number of rotatable bonds is 4. The van der Waals surface area contributed by atoms with Gasteiger partial charge in [0, 0.05) is 6.42 Å². The van der Waals surface area contributed by atoms with E-state index in [4.69, 9.17) is 4.74 Å².